The topological polar surface area (TPSA) is 66.4 Å². The molecular formula is C12H11ClFNO3S2. The SMILES string of the molecule is Cc1sc(CO)cc1S(=O)(=O)Nc1ccc(F)cc1Cl. The molecule has 0 fully saturated rings. The van der Waals surface area contributed by atoms with Crippen molar-refractivity contribution in [1.29, 1.82) is 0 Å². The second-order valence-electron chi connectivity index (χ2n) is 4.02. The fourth-order valence-electron chi connectivity index (χ4n) is 1.64. The zero-order chi connectivity index (χ0) is 14.9. The van der Waals surface area contributed by atoms with Crippen molar-refractivity contribution in [3.05, 3.63) is 44.9 Å². The van der Waals surface area contributed by atoms with Crippen LogP contribution in [0, 0.1) is 12.7 Å². The number of thiophene rings is 1. The molecule has 0 bridgehead atoms. The summed E-state index contributed by atoms with van der Waals surface area (Å²) in [5.74, 6) is -0.549. The molecule has 108 valence electrons. The minimum Gasteiger partial charge on any atom is -0.391 e. The molecule has 0 atom stereocenters. The minimum atomic E-state index is -3.83. The lowest BCUT2D eigenvalue weighted by molar-refractivity contribution is 0.285. The van der Waals surface area contributed by atoms with Crippen LogP contribution in [0.25, 0.3) is 0 Å². The van der Waals surface area contributed by atoms with Crippen LogP contribution < -0.4 is 4.72 Å². The highest BCUT2D eigenvalue weighted by atomic mass is 35.5. The second kappa shape index (κ2) is 5.69. The van der Waals surface area contributed by atoms with Crippen molar-refractivity contribution in [1.82, 2.24) is 0 Å². The lowest BCUT2D eigenvalue weighted by Crippen LogP contribution is -2.13. The molecule has 0 saturated heterocycles. The van der Waals surface area contributed by atoms with Gasteiger partial charge in [-0.25, -0.2) is 12.8 Å². The second-order valence-corrected chi connectivity index (χ2v) is 7.42. The molecule has 0 spiro atoms. The summed E-state index contributed by atoms with van der Waals surface area (Å²) in [4.78, 5) is 1.18. The van der Waals surface area contributed by atoms with Gasteiger partial charge in [0.1, 0.15) is 10.7 Å². The highest BCUT2D eigenvalue weighted by Crippen LogP contribution is 2.30. The van der Waals surface area contributed by atoms with Crippen LogP contribution >= 0.6 is 22.9 Å². The van der Waals surface area contributed by atoms with Crippen LogP contribution in [0.4, 0.5) is 10.1 Å². The summed E-state index contributed by atoms with van der Waals surface area (Å²) in [5, 5.41) is 9.01. The molecule has 0 aliphatic carbocycles. The van der Waals surface area contributed by atoms with Crippen LogP contribution in [0.1, 0.15) is 9.75 Å². The van der Waals surface area contributed by atoms with Crippen molar-refractivity contribution >= 4 is 38.6 Å². The van der Waals surface area contributed by atoms with E-state index >= 15 is 0 Å². The summed E-state index contributed by atoms with van der Waals surface area (Å²) < 4.78 is 39.7. The van der Waals surface area contributed by atoms with E-state index in [0.29, 0.717) is 9.75 Å². The third-order valence-electron chi connectivity index (χ3n) is 2.54. The van der Waals surface area contributed by atoms with Crippen LogP contribution in [0.15, 0.2) is 29.2 Å². The van der Waals surface area contributed by atoms with E-state index in [1.165, 1.54) is 23.5 Å². The zero-order valence-corrected chi connectivity index (χ0v) is 12.7. The maximum atomic E-state index is 12.9. The Labute approximate surface area is 124 Å². The summed E-state index contributed by atoms with van der Waals surface area (Å²) in [7, 11) is -3.83. The van der Waals surface area contributed by atoms with Gasteiger partial charge in [-0.2, -0.15) is 0 Å². The number of nitrogens with one attached hydrogen (secondary N) is 1. The van der Waals surface area contributed by atoms with Gasteiger partial charge in [-0.1, -0.05) is 11.6 Å². The van der Waals surface area contributed by atoms with Gasteiger partial charge in [-0.3, -0.25) is 4.72 Å². The van der Waals surface area contributed by atoms with E-state index in [-0.39, 0.29) is 22.2 Å². The predicted molar refractivity (Wildman–Crippen MR) is 77.2 cm³/mol. The molecule has 1 heterocycles. The lowest BCUT2D eigenvalue weighted by Gasteiger charge is -2.09. The van der Waals surface area contributed by atoms with Gasteiger partial charge >= 0.3 is 0 Å². The number of hydrogen-bond acceptors (Lipinski definition) is 4. The average Bonchev–Trinajstić information content (AvgIpc) is 2.75. The number of benzene rings is 1. The molecule has 2 aromatic rings. The molecule has 2 rings (SSSR count). The predicted octanol–water partition coefficient (Wildman–Crippen LogP) is 3.14. The van der Waals surface area contributed by atoms with Gasteiger partial charge in [0.05, 0.1) is 17.3 Å². The third kappa shape index (κ3) is 3.12. The smallest absolute Gasteiger partial charge is 0.263 e. The molecule has 0 amide bonds. The van der Waals surface area contributed by atoms with Crippen LogP contribution in [-0.2, 0) is 16.6 Å². The van der Waals surface area contributed by atoms with Gasteiger partial charge in [0.25, 0.3) is 10.0 Å². The average molecular weight is 336 g/mol. The summed E-state index contributed by atoms with van der Waals surface area (Å²) in [6.45, 7) is 1.42. The molecule has 0 radical (unpaired) electrons. The summed E-state index contributed by atoms with van der Waals surface area (Å²) >= 11 is 6.99. The molecule has 8 heteroatoms. The maximum absolute atomic E-state index is 12.9. The quantitative estimate of drug-likeness (QED) is 0.902. The molecular weight excluding hydrogens is 325 g/mol. The fourth-order valence-corrected chi connectivity index (χ4v) is 4.49. The van der Waals surface area contributed by atoms with Gasteiger partial charge in [0.15, 0.2) is 0 Å². The zero-order valence-electron chi connectivity index (χ0n) is 10.4. The van der Waals surface area contributed by atoms with E-state index in [4.69, 9.17) is 16.7 Å². The molecule has 0 aliphatic rings. The maximum Gasteiger partial charge on any atom is 0.263 e. The van der Waals surface area contributed by atoms with Crippen molar-refractivity contribution in [2.24, 2.45) is 0 Å². The van der Waals surface area contributed by atoms with Gasteiger partial charge in [-0.15, -0.1) is 11.3 Å². The highest BCUT2D eigenvalue weighted by Gasteiger charge is 2.21. The number of sulfonamides is 1. The first-order valence-corrected chi connectivity index (χ1v) is 8.19. The number of aliphatic hydroxyl groups excluding tert-OH is 1. The first kappa shape index (κ1) is 15.2. The van der Waals surface area contributed by atoms with Gasteiger partial charge in [0, 0.05) is 9.75 Å². The molecule has 0 saturated carbocycles. The lowest BCUT2D eigenvalue weighted by atomic mass is 10.3. The minimum absolute atomic E-state index is 0.0242. The van der Waals surface area contributed by atoms with Crippen molar-refractivity contribution < 1.29 is 17.9 Å². The van der Waals surface area contributed by atoms with Gasteiger partial charge in [0.2, 0.25) is 0 Å². The summed E-state index contributed by atoms with van der Waals surface area (Å²) in [5.41, 5.74) is 0.101. The van der Waals surface area contributed by atoms with Crippen molar-refractivity contribution in [2.45, 2.75) is 18.4 Å². The van der Waals surface area contributed by atoms with Crippen molar-refractivity contribution in [2.75, 3.05) is 4.72 Å². The normalized spacial score (nSPS) is 11.6. The Hall–Kier alpha value is -1.15. The van der Waals surface area contributed by atoms with Crippen molar-refractivity contribution in [3.63, 3.8) is 0 Å². The molecule has 0 aliphatic heterocycles. The molecule has 4 nitrogen and oxygen atoms in total. The number of hydrogen-bond donors (Lipinski definition) is 2. The molecule has 0 unspecified atom stereocenters. The number of aryl methyl sites for hydroxylation is 1. The molecule has 20 heavy (non-hydrogen) atoms. The van der Waals surface area contributed by atoms with Crippen LogP contribution in [-0.4, -0.2) is 13.5 Å². The van der Waals surface area contributed by atoms with Crippen LogP contribution in [0.5, 0.6) is 0 Å². The third-order valence-corrected chi connectivity index (χ3v) is 5.51. The number of halogens is 2. The number of aliphatic hydroxyl groups is 1. The van der Waals surface area contributed by atoms with E-state index in [1.54, 1.807) is 6.92 Å². The van der Waals surface area contributed by atoms with Gasteiger partial charge in [-0.05, 0) is 31.2 Å². The Kier molecular flexibility index (Phi) is 4.33. The first-order chi connectivity index (χ1) is 9.33. The van der Waals surface area contributed by atoms with Crippen LogP contribution in [0.3, 0.4) is 0 Å². The summed E-state index contributed by atoms with van der Waals surface area (Å²) in [6.07, 6.45) is 0. The van der Waals surface area contributed by atoms with E-state index in [9.17, 15) is 12.8 Å². The van der Waals surface area contributed by atoms with Crippen molar-refractivity contribution in [3.8, 4) is 0 Å². The Balaban J connectivity index is 2.38. The van der Waals surface area contributed by atoms with E-state index < -0.39 is 15.8 Å². The first-order valence-electron chi connectivity index (χ1n) is 5.51. The largest absolute Gasteiger partial charge is 0.391 e. The van der Waals surface area contributed by atoms with Crippen LogP contribution in [0.2, 0.25) is 5.02 Å². The molecule has 1 aromatic carbocycles. The fraction of sp³-hybridized carbons (Fsp3) is 0.167. The Morgan fingerprint density at radius 3 is 2.65 bits per heavy atom. The summed E-state index contributed by atoms with van der Waals surface area (Å²) in [6, 6.07) is 4.80. The monoisotopic (exact) mass is 335 g/mol. The number of rotatable bonds is 4. The highest BCUT2D eigenvalue weighted by molar-refractivity contribution is 7.93. The van der Waals surface area contributed by atoms with Gasteiger partial charge < -0.3 is 5.11 Å². The van der Waals surface area contributed by atoms with E-state index in [0.717, 1.165) is 12.1 Å². The molecule has 2 N–H and O–H groups in total. The Morgan fingerprint density at radius 2 is 2.10 bits per heavy atom. The standard InChI is InChI=1S/C12H11ClFNO3S2/c1-7-12(5-9(6-16)19-7)20(17,18)15-11-3-2-8(14)4-10(11)13/h2-5,15-16H,6H2,1H3. The molecule has 1 aromatic heterocycles. The van der Waals surface area contributed by atoms with E-state index in [1.807, 2.05) is 0 Å². The Morgan fingerprint density at radius 1 is 1.40 bits per heavy atom. The number of anilines is 1. The van der Waals surface area contributed by atoms with E-state index in [2.05, 4.69) is 4.72 Å². The Bertz CT molecular complexity index is 743.